The van der Waals surface area contributed by atoms with E-state index in [4.69, 9.17) is 27.9 Å². The predicted molar refractivity (Wildman–Crippen MR) is 137 cm³/mol. The van der Waals surface area contributed by atoms with Crippen LogP contribution >= 0.6 is 23.2 Å². The fourth-order valence-electron chi connectivity index (χ4n) is 4.25. The quantitative estimate of drug-likeness (QED) is 0.416. The maximum absolute atomic E-state index is 13.1. The van der Waals surface area contributed by atoms with Crippen LogP contribution in [-0.2, 0) is 0 Å². The molecule has 1 aliphatic heterocycles. The summed E-state index contributed by atoms with van der Waals surface area (Å²) in [4.78, 5) is 24.2. The third-order valence-corrected chi connectivity index (χ3v) is 7.10. The van der Waals surface area contributed by atoms with Crippen molar-refractivity contribution in [1.29, 1.82) is 0 Å². The molecule has 3 heterocycles. The number of anilines is 3. The lowest BCUT2D eigenvalue weighted by atomic mass is 9.92. The van der Waals surface area contributed by atoms with Gasteiger partial charge in [0.05, 0.1) is 39.8 Å². The molecule has 0 atom stereocenters. The van der Waals surface area contributed by atoms with Gasteiger partial charge in [0.1, 0.15) is 11.7 Å². The molecule has 1 aromatic carbocycles. The molecule has 12 heteroatoms. The molecule has 36 heavy (non-hydrogen) atoms. The van der Waals surface area contributed by atoms with Gasteiger partial charge >= 0.3 is 0 Å². The smallest absolute Gasteiger partial charge is 0.262 e. The summed E-state index contributed by atoms with van der Waals surface area (Å²) >= 11 is 12.4. The van der Waals surface area contributed by atoms with Gasteiger partial charge in [0.25, 0.3) is 5.91 Å². The number of nitrogens with one attached hydrogen (secondary N) is 2. The van der Waals surface area contributed by atoms with Gasteiger partial charge in [-0.3, -0.25) is 9.48 Å². The summed E-state index contributed by atoms with van der Waals surface area (Å²) in [7, 11) is 2.13. The monoisotopic (exact) mass is 531 g/mol. The van der Waals surface area contributed by atoms with E-state index < -0.39 is 12.0 Å². The lowest BCUT2D eigenvalue weighted by molar-refractivity contribution is -0.0130. The molecule has 0 unspecified atom stereocenters. The van der Waals surface area contributed by atoms with E-state index in [0.29, 0.717) is 34.6 Å². The minimum atomic E-state index is -0.512. The van der Waals surface area contributed by atoms with Gasteiger partial charge in [0, 0.05) is 25.2 Å². The van der Waals surface area contributed by atoms with Crippen molar-refractivity contribution < 1.29 is 14.6 Å². The Kier molecular flexibility index (Phi) is 7.29. The van der Waals surface area contributed by atoms with Crippen LogP contribution in [0.15, 0.2) is 36.8 Å². The topological polar surface area (TPSA) is 117 Å². The molecule has 1 amide bonds. The molecule has 10 nitrogen and oxygen atoms in total. The average Bonchev–Trinajstić information content (AvgIpc) is 3.29. The van der Waals surface area contributed by atoms with Crippen molar-refractivity contribution in [3.05, 3.63) is 52.4 Å². The number of para-hydroxylation sites is 1. The summed E-state index contributed by atoms with van der Waals surface area (Å²) in [5, 5.41) is 20.6. The first-order valence-corrected chi connectivity index (χ1v) is 12.6. The summed E-state index contributed by atoms with van der Waals surface area (Å²) < 4.78 is 7.93. The van der Waals surface area contributed by atoms with Crippen molar-refractivity contribution in [3.8, 4) is 5.88 Å². The van der Waals surface area contributed by atoms with Gasteiger partial charge in [-0.2, -0.15) is 10.1 Å². The van der Waals surface area contributed by atoms with E-state index in [2.05, 4.69) is 37.6 Å². The lowest BCUT2D eigenvalue weighted by Crippen LogP contribution is -2.38. The summed E-state index contributed by atoms with van der Waals surface area (Å²) in [6.07, 6.45) is 7.40. The normalized spacial score (nSPS) is 20.6. The van der Waals surface area contributed by atoms with E-state index >= 15 is 0 Å². The molecule has 2 aliphatic rings. The number of amides is 1. The van der Waals surface area contributed by atoms with Crippen molar-refractivity contribution in [2.24, 2.45) is 0 Å². The molecule has 2 fully saturated rings. The average molecular weight is 532 g/mol. The Balaban J connectivity index is 1.35. The predicted octanol–water partition coefficient (Wildman–Crippen LogP) is 4.14. The Labute approximate surface area is 218 Å². The van der Waals surface area contributed by atoms with Gasteiger partial charge in [-0.1, -0.05) is 29.3 Å². The minimum absolute atomic E-state index is 0.104. The number of aliphatic hydroxyl groups excluding tert-OH is 1. The Morgan fingerprint density at radius 3 is 2.58 bits per heavy atom. The number of likely N-dealkylation sites (tertiary alicyclic amines) is 1. The van der Waals surface area contributed by atoms with Gasteiger partial charge in [-0.15, -0.1) is 0 Å². The van der Waals surface area contributed by atoms with E-state index in [1.807, 2.05) is 10.9 Å². The second-order valence-corrected chi connectivity index (χ2v) is 10.0. The zero-order chi connectivity index (χ0) is 25.2. The molecular formula is C24H27Cl2N7O3. The zero-order valence-corrected chi connectivity index (χ0v) is 21.2. The number of ether oxygens (including phenoxy) is 1. The second kappa shape index (κ2) is 10.6. The largest absolute Gasteiger partial charge is 0.473 e. The van der Waals surface area contributed by atoms with E-state index in [0.717, 1.165) is 31.6 Å². The summed E-state index contributed by atoms with van der Waals surface area (Å²) in [5.41, 5.74) is 1.15. The number of aromatic nitrogens is 4. The van der Waals surface area contributed by atoms with E-state index in [1.54, 1.807) is 24.4 Å². The van der Waals surface area contributed by atoms with Gasteiger partial charge in [-0.25, -0.2) is 4.98 Å². The lowest BCUT2D eigenvalue weighted by Gasteiger charge is -2.31. The van der Waals surface area contributed by atoms with Crippen LogP contribution in [0.3, 0.4) is 0 Å². The van der Waals surface area contributed by atoms with Crippen LogP contribution in [0.2, 0.25) is 10.0 Å². The SMILES string of the molecule is CN1CCC(n2cc(Nc3ncc(C(=O)Nc4c(Cl)cccc4Cl)c(OC4CC(O)C4)n3)cn2)CC1. The standard InChI is InChI=1S/C24H27Cl2N7O3/c1-32-7-5-15(6-8-32)33-13-14(11-28-33)29-24-27-12-18(23(31-24)36-17-9-16(34)10-17)22(35)30-21-19(25)3-2-4-20(21)26/h2-4,11-13,15-17,34H,5-10H2,1H3,(H,30,35)(H,27,29,31). The highest BCUT2D eigenvalue weighted by atomic mass is 35.5. The van der Waals surface area contributed by atoms with Crippen LogP contribution in [0.25, 0.3) is 0 Å². The molecule has 5 rings (SSSR count). The molecule has 1 aliphatic carbocycles. The number of hydrogen-bond donors (Lipinski definition) is 3. The van der Waals surface area contributed by atoms with Crippen LogP contribution < -0.4 is 15.4 Å². The van der Waals surface area contributed by atoms with E-state index in [9.17, 15) is 9.90 Å². The van der Waals surface area contributed by atoms with Crippen LogP contribution in [-0.4, -0.2) is 68.0 Å². The maximum atomic E-state index is 13.1. The Morgan fingerprint density at radius 1 is 1.17 bits per heavy atom. The Hall–Kier alpha value is -2.92. The van der Waals surface area contributed by atoms with Gasteiger partial charge < -0.3 is 25.4 Å². The van der Waals surface area contributed by atoms with Gasteiger partial charge in [0.15, 0.2) is 0 Å². The van der Waals surface area contributed by atoms with Crippen molar-refractivity contribution in [1.82, 2.24) is 24.6 Å². The molecule has 3 aromatic rings. The number of halogens is 2. The molecule has 0 bridgehead atoms. The summed E-state index contributed by atoms with van der Waals surface area (Å²) in [6.45, 7) is 2.08. The molecule has 0 radical (unpaired) electrons. The first-order valence-electron chi connectivity index (χ1n) is 11.8. The molecule has 1 saturated carbocycles. The number of piperidine rings is 1. The first kappa shape index (κ1) is 24.8. The van der Waals surface area contributed by atoms with Crippen molar-refractivity contribution in [2.45, 2.75) is 43.9 Å². The summed E-state index contributed by atoms with van der Waals surface area (Å²) in [6, 6.07) is 5.30. The highest BCUT2D eigenvalue weighted by Gasteiger charge is 2.31. The third-order valence-electron chi connectivity index (χ3n) is 6.47. The van der Waals surface area contributed by atoms with Crippen LogP contribution in [0.1, 0.15) is 42.1 Å². The fraction of sp³-hybridized carbons (Fsp3) is 0.417. The van der Waals surface area contributed by atoms with Crippen molar-refractivity contribution in [3.63, 3.8) is 0 Å². The van der Waals surface area contributed by atoms with E-state index in [1.165, 1.54) is 6.20 Å². The number of benzene rings is 1. The minimum Gasteiger partial charge on any atom is -0.473 e. The van der Waals surface area contributed by atoms with Crippen molar-refractivity contribution >= 4 is 46.4 Å². The highest BCUT2D eigenvalue weighted by molar-refractivity contribution is 6.40. The Morgan fingerprint density at radius 2 is 1.89 bits per heavy atom. The second-order valence-electron chi connectivity index (χ2n) is 9.20. The third kappa shape index (κ3) is 5.57. The van der Waals surface area contributed by atoms with Crippen LogP contribution in [0.4, 0.5) is 17.3 Å². The molecule has 3 N–H and O–H groups in total. The number of aliphatic hydroxyl groups is 1. The zero-order valence-electron chi connectivity index (χ0n) is 19.7. The molecule has 190 valence electrons. The summed E-state index contributed by atoms with van der Waals surface area (Å²) in [5.74, 6) is -0.144. The first-order chi connectivity index (χ1) is 17.4. The molecule has 2 aromatic heterocycles. The van der Waals surface area contributed by atoms with Crippen LogP contribution in [0.5, 0.6) is 5.88 Å². The number of hydrogen-bond acceptors (Lipinski definition) is 8. The Bertz CT molecular complexity index is 1220. The number of carbonyl (C=O) groups excluding carboxylic acids is 1. The fourth-order valence-corrected chi connectivity index (χ4v) is 4.74. The number of rotatable bonds is 7. The van der Waals surface area contributed by atoms with Crippen LogP contribution in [0, 0.1) is 0 Å². The number of carbonyl (C=O) groups is 1. The maximum Gasteiger partial charge on any atom is 0.262 e. The molecule has 1 saturated heterocycles. The molecule has 0 spiro atoms. The van der Waals surface area contributed by atoms with Gasteiger partial charge in [0.2, 0.25) is 11.8 Å². The highest BCUT2D eigenvalue weighted by Crippen LogP contribution is 2.32. The van der Waals surface area contributed by atoms with E-state index in [-0.39, 0.29) is 23.5 Å². The molecular weight excluding hydrogens is 505 g/mol. The van der Waals surface area contributed by atoms with Gasteiger partial charge in [-0.05, 0) is 45.1 Å². The van der Waals surface area contributed by atoms with Crippen molar-refractivity contribution in [2.75, 3.05) is 30.8 Å². The number of nitrogens with zero attached hydrogens (tertiary/aromatic N) is 5.